The molecule has 0 fully saturated rings. The first-order valence-corrected chi connectivity index (χ1v) is 51.2. The Morgan fingerprint density at radius 1 is 0.156 bits per heavy atom. The minimum Gasteiger partial charge on any atom is -0.456 e. The molecule has 29 aromatic rings. The van der Waals surface area contributed by atoms with E-state index in [1.54, 1.807) is 0 Å². The molecule has 17 aromatic carbocycles. The van der Waals surface area contributed by atoms with Crippen molar-refractivity contribution in [2.75, 3.05) is 0 Å². The average Bonchev–Trinajstić information content (AvgIpc) is 1.57. The van der Waals surface area contributed by atoms with E-state index in [0.29, 0.717) is 0 Å². The fourth-order valence-corrected chi connectivity index (χ4v) is 24.0. The highest BCUT2D eigenvalue weighted by Crippen LogP contribution is 2.51. The van der Waals surface area contributed by atoms with Crippen LogP contribution in [0.4, 0.5) is 0 Å². The molecule has 0 saturated heterocycles. The molecule has 0 aliphatic carbocycles. The van der Waals surface area contributed by atoms with Gasteiger partial charge in [0.25, 0.3) is 0 Å². The van der Waals surface area contributed by atoms with Crippen molar-refractivity contribution >= 4 is 252 Å². The van der Waals surface area contributed by atoms with Gasteiger partial charge in [0.1, 0.15) is 112 Å². The van der Waals surface area contributed by atoms with Crippen LogP contribution in [0.5, 0.6) is 0 Å². The summed E-state index contributed by atoms with van der Waals surface area (Å²) in [7, 11) is 0. The number of nitrogens with zero attached hydrogens (tertiary/aromatic N) is 1. The molecule has 730 valence electrons. The third-order valence-corrected chi connectivity index (χ3v) is 29.8. The second kappa shape index (κ2) is 33.8. The molecule has 147 heavy (non-hydrogen) atoms. The molecule has 12 aromatic heterocycles. The SMILES string of the molecule is Cc1ccc2c(oc3c2ccc2c4ccccc4oc23)c1C(C)(C)C.Cc1ccc2c(oc3c2ccc2oc4ccccc4c23)c1C(C)(C)C.Cc1ccc2c(oc3cc4c(cc32)oc2ccccc24)c1C(C)(C)C.Cc1ccc2c(oc3cc4ccccc4nc32)c1C(C)(C)C.Cc1ccc2c(oc3cc4oc5ccccc5c4cc32)c1C(C)(C)C.Cc1ccc2c(oc3ccc4oc5ccccc5c4c32)c1C(C)(C)C. The minimum absolute atomic E-state index is 0.0183. The summed E-state index contributed by atoms with van der Waals surface area (Å²) in [5.41, 5.74) is 37.7. The van der Waals surface area contributed by atoms with Gasteiger partial charge in [-0.15, -0.1) is 0 Å². The number of para-hydroxylation sites is 6. The Labute approximate surface area is 850 Å². The van der Waals surface area contributed by atoms with Crippen molar-refractivity contribution in [3.63, 3.8) is 0 Å². The second-order valence-corrected chi connectivity index (χ2v) is 46.6. The van der Waals surface area contributed by atoms with Crippen LogP contribution in [-0.4, -0.2) is 4.98 Å². The van der Waals surface area contributed by atoms with Crippen molar-refractivity contribution in [3.05, 3.63) is 352 Å². The van der Waals surface area contributed by atoms with Crippen molar-refractivity contribution in [1.82, 2.24) is 4.98 Å². The third-order valence-electron chi connectivity index (χ3n) is 29.8. The quantitative estimate of drug-likeness (QED) is 0.142. The fraction of sp³-hybridized carbons (Fsp3) is 0.222. The zero-order valence-electron chi connectivity index (χ0n) is 88.1. The molecule has 12 nitrogen and oxygen atoms in total. The minimum atomic E-state index is 0.0183. The Morgan fingerprint density at radius 3 is 0.891 bits per heavy atom. The topological polar surface area (TPSA) is 157 Å². The highest BCUT2D eigenvalue weighted by atomic mass is 16.4. The summed E-state index contributed by atoms with van der Waals surface area (Å²) in [6.07, 6.45) is 0. The Morgan fingerprint density at radius 2 is 0.408 bits per heavy atom. The zero-order chi connectivity index (χ0) is 102. The summed E-state index contributed by atoms with van der Waals surface area (Å²) in [6.45, 7) is 53.2. The number of fused-ring (bicyclic) bond motifs is 37. The van der Waals surface area contributed by atoms with Gasteiger partial charge in [-0.1, -0.05) is 301 Å². The lowest BCUT2D eigenvalue weighted by molar-refractivity contribution is 0.567. The monoisotopic (exact) mass is 1930 g/mol. The van der Waals surface area contributed by atoms with Gasteiger partial charge in [-0.25, -0.2) is 4.98 Å². The van der Waals surface area contributed by atoms with Crippen LogP contribution in [0.2, 0.25) is 0 Å². The Balaban J connectivity index is 0.0000000944. The molecule has 0 bridgehead atoms. The highest BCUT2D eigenvalue weighted by molar-refractivity contribution is 6.28. The van der Waals surface area contributed by atoms with Gasteiger partial charge < -0.3 is 48.6 Å². The van der Waals surface area contributed by atoms with Crippen LogP contribution < -0.4 is 0 Å². The fourth-order valence-electron chi connectivity index (χ4n) is 24.0. The van der Waals surface area contributed by atoms with E-state index < -0.39 is 0 Å². The smallest absolute Gasteiger partial charge is 0.178 e. The molecule has 29 rings (SSSR count). The predicted octanol–water partition coefficient (Wildman–Crippen LogP) is 41.2. The number of hydrogen-bond acceptors (Lipinski definition) is 12. The van der Waals surface area contributed by atoms with Crippen molar-refractivity contribution in [3.8, 4) is 0 Å². The van der Waals surface area contributed by atoms with E-state index in [4.69, 9.17) is 53.6 Å². The molecule has 0 amide bonds. The second-order valence-electron chi connectivity index (χ2n) is 46.6. The van der Waals surface area contributed by atoms with Crippen molar-refractivity contribution in [2.24, 2.45) is 0 Å². The van der Waals surface area contributed by atoms with Gasteiger partial charge in [0.2, 0.25) is 0 Å². The van der Waals surface area contributed by atoms with Crippen LogP contribution in [0.25, 0.3) is 252 Å². The molecular formula is C135H119NO11. The highest BCUT2D eigenvalue weighted by Gasteiger charge is 2.33. The average molecular weight is 1930 g/mol. The van der Waals surface area contributed by atoms with Crippen LogP contribution in [0.3, 0.4) is 0 Å². The van der Waals surface area contributed by atoms with Gasteiger partial charge in [-0.05, 0) is 211 Å². The number of pyridine rings is 1. The van der Waals surface area contributed by atoms with Gasteiger partial charge >= 0.3 is 0 Å². The van der Waals surface area contributed by atoms with E-state index in [0.717, 1.165) is 236 Å². The molecule has 0 N–H and O–H groups in total. The lowest BCUT2D eigenvalue weighted by Crippen LogP contribution is -2.13. The van der Waals surface area contributed by atoms with Crippen LogP contribution in [0.1, 0.15) is 191 Å². The first kappa shape index (κ1) is 93.3. The van der Waals surface area contributed by atoms with Gasteiger partial charge in [-0.2, -0.15) is 0 Å². The van der Waals surface area contributed by atoms with Crippen molar-refractivity contribution in [2.45, 2.75) is 199 Å². The summed E-state index contributed by atoms with van der Waals surface area (Å²) in [6, 6.07) is 98.3. The lowest BCUT2D eigenvalue weighted by Gasteiger charge is -2.21. The zero-order valence-corrected chi connectivity index (χ0v) is 88.1. The maximum Gasteiger partial charge on any atom is 0.178 e. The van der Waals surface area contributed by atoms with Crippen LogP contribution >= 0.6 is 0 Å². The number of furan rings is 11. The molecule has 0 radical (unpaired) electrons. The van der Waals surface area contributed by atoms with E-state index in [1.807, 2.05) is 115 Å². The van der Waals surface area contributed by atoms with E-state index >= 15 is 0 Å². The number of benzene rings is 17. The van der Waals surface area contributed by atoms with Crippen LogP contribution in [0, 0.1) is 41.5 Å². The molecule has 12 heteroatoms. The van der Waals surface area contributed by atoms with Gasteiger partial charge in [0.15, 0.2) is 16.7 Å². The number of aryl methyl sites for hydroxylation is 6. The van der Waals surface area contributed by atoms with E-state index in [-0.39, 0.29) is 32.5 Å². The van der Waals surface area contributed by atoms with Crippen LogP contribution in [-0.2, 0) is 32.5 Å². The molecule has 12 heterocycles. The third kappa shape index (κ3) is 15.5. The van der Waals surface area contributed by atoms with E-state index in [1.165, 1.54) is 82.9 Å². The first-order chi connectivity index (χ1) is 70.2. The standard InChI is InChI=1S/5C23H20O2.C20H19NO/c1-13-9-10-15-17-12-19-16(14-7-5-6-8-18(14)24-19)11-20(17)25-22(15)21(13)23(2,3)4;1-13-9-10-15-17-11-16-14-7-5-6-8-18(14)24-19(16)12-20(17)25-22(15)21(13)23(2,3)4;1-13-9-10-15-14-11-12-18-19(16-7-5-6-8-17(16)24-18)21(14)25-22(15)20(13)23(2,3)4;1-13-9-10-16-17-12-11-15-14-7-5-6-8-18(14)24-21(15)22(17)25-20(16)19(13)23(2,3)4;1-13-9-10-15-20-18(25-22(15)21(13)23(2,3)4)12-11-17-19(20)14-7-5-6-8-16(14)24-17;1-12-9-10-14-18-16(22-19(14)17(12)20(2,3)4)11-13-7-5-6-8-15(13)21-18/h5*5-12H,1-4H3;5-11H,1-4H3. The summed E-state index contributed by atoms with van der Waals surface area (Å²) >= 11 is 0. The molecule has 0 atom stereocenters. The van der Waals surface area contributed by atoms with Gasteiger partial charge in [0.05, 0.1) is 10.9 Å². The number of rotatable bonds is 0. The van der Waals surface area contributed by atoms with Crippen LogP contribution in [0.15, 0.2) is 334 Å². The molecule has 0 aliphatic heterocycles. The van der Waals surface area contributed by atoms with E-state index in [2.05, 4.69) is 336 Å². The lowest BCUT2D eigenvalue weighted by atomic mass is 9.83. The number of aromatic nitrogens is 1. The predicted molar refractivity (Wildman–Crippen MR) is 615 cm³/mol. The number of hydrogen-bond donors (Lipinski definition) is 0. The van der Waals surface area contributed by atoms with Crippen molar-refractivity contribution in [1.29, 1.82) is 0 Å². The Hall–Kier alpha value is -16.1. The summed E-state index contributed by atoms with van der Waals surface area (Å²) in [5, 5.41) is 25.0. The normalized spacial score (nSPS) is 12.8. The summed E-state index contributed by atoms with van der Waals surface area (Å²) < 4.78 is 68.6. The molecular weight excluding hydrogens is 1810 g/mol. The molecule has 0 aliphatic rings. The van der Waals surface area contributed by atoms with Gasteiger partial charge in [0, 0.05) is 153 Å². The van der Waals surface area contributed by atoms with Gasteiger partial charge in [-0.3, -0.25) is 0 Å². The maximum absolute atomic E-state index is 6.51. The summed E-state index contributed by atoms with van der Waals surface area (Å²) in [5.74, 6) is 0. The Kier molecular flexibility index (Phi) is 21.4. The maximum atomic E-state index is 6.51. The van der Waals surface area contributed by atoms with E-state index in [9.17, 15) is 0 Å². The largest absolute Gasteiger partial charge is 0.456 e. The molecule has 0 unspecified atom stereocenters. The summed E-state index contributed by atoms with van der Waals surface area (Å²) in [4.78, 5) is 4.82. The molecule has 0 spiro atoms. The van der Waals surface area contributed by atoms with Crippen molar-refractivity contribution < 1.29 is 48.6 Å². The Bertz CT molecular complexity index is 10400. The molecule has 0 saturated carbocycles. The first-order valence-electron chi connectivity index (χ1n) is 51.2.